The summed E-state index contributed by atoms with van der Waals surface area (Å²) in [7, 11) is 0. The van der Waals surface area contributed by atoms with Crippen LogP contribution in [0.15, 0.2) is 60.9 Å². The van der Waals surface area contributed by atoms with E-state index in [2.05, 4.69) is 58.2 Å². The number of anilines is 1. The number of aromatic nitrogens is 3. The summed E-state index contributed by atoms with van der Waals surface area (Å²) in [5.41, 5.74) is 3.56. The maximum absolute atomic E-state index is 4.87. The first-order valence-corrected chi connectivity index (χ1v) is 9.21. The molecule has 1 unspecified atom stereocenters. The van der Waals surface area contributed by atoms with Gasteiger partial charge in [-0.05, 0) is 37.5 Å². The van der Waals surface area contributed by atoms with Crippen LogP contribution >= 0.6 is 0 Å². The molecule has 3 heterocycles. The van der Waals surface area contributed by atoms with Gasteiger partial charge in [0, 0.05) is 48.2 Å². The van der Waals surface area contributed by atoms with Crippen molar-refractivity contribution in [1.29, 1.82) is 0 Å². The predicted octanol–water partition coefficient (Wildman–Crippen LogP) is 4.41. The highest BCUT2D eigenvalue weighted by atomic mass is 15.2. The average Bonchev–Trinajstić information content (AvgIpc) is 2.69. The molecule has 0 bridgehead atoms. The summed E-state index contributed by atoms with van der Waals surface area (Å²) in [5.74, 6) is 1.79. The minimum absolute atomic E-state index is 0.148. The lowest BCUT2D eigenvalue weighted by molar-refractivity contribution is 0.372. The molecule has 0 radical (unpaired) electrons. The minimum atomic E-state index is 0.148. The average molecular weight is 344 g/mol. The topological polar surface area (TPSA) is 41.9 Å². The summed E-state index contributed by atoms with van der Waals surface area (Å²) in [4.78, 5) is 16.0. The van der Waals surface area contributed by atoms with Crippen LogP contribution in [0.5, 0.6) is 0 Å². The molecule has 1 aliphatic rings. The van der Waals surface area contributed by atoms with Crippen molar-refractivity contribution in [1.82, 2.24) is 15.0 Å². The zero-order valence-electron chi connectivity index (χ0n) is 15.4. The molecule has 1 saturated heterocycles. The molecule has 0 aliphatic carbocycles. The van der Waals surface area contributed by atoms with Crippen LogP contribution in [0.1, 0.15) is 31.0 Å². The van der Waals surface area contributed by atoms with E-state index in [-0.39, 0.29) is 5.41 Å². The van der Waals surface area contributed by atoms with Crippen LogP contribution in [-0.4, -0.2) is 28.0 Å². The molecule has 132 valence electrons. The molecule has 3 aromatic rings. The van der Waals surface area contributed by atoms with E-state index in [1.54, 1.807) is 12.4 Å². The fourth-order valence-electron chi connectivity index (χ4n) is 3.86. The first-order valence-electron chi connectivity index (χ1n) is 9.21. The Morgan fingerprint density at radius 3 is 2.54 bits per heavy atom. The van der Waals surface area contributed by atoms with Crippen LogP contribution in [0.3, 0.4) is 0 Å². The highest BCUT2D eigenvalue weighted by molar-refractivity contribution is 5.57. The van der Waals surface area contributed by atoms with Crippen molar-refractivity contribution in [2.45, 2.75) is 32.1 Å². The Morgan fingerprint density at radius 2 is 1.77 bits per heavy atom. The zero-order chi connectivity index (χ0) is 18.0. The Bertz CT molecular complexity index is 879. The van der Waals surface area contributed by atoms with Crippen LogP contribution < -0.4 is 4.90 Å². The van der Waals surface area contributed by atoms with E-state index >= 15 is 0 Å². The Hall–Kier alpha value is -2.75. The molecule has 26 heavy (non-hydrogen) atoms. The molecule has 2 aromatic heterocycles. The molecule has 4 heteroatoms. The molecule has 4 nitrogen and oxygen atoms in total. The van der Waals surface area contributed by atoms with Crippen LogP contribution in [0.4, 0.5) is 5.82 Å². The van der Waals surface area contributed by atoms with Gasteiger partial charge in [0.25, 0.3) is 0 Å². The van der Waals surface area contributed by atoms with E-state index in [9.17, 15) is 0 Å². The van der Waals surface area contributed by atoms with Crippen molar-refractivity contribution < 1.29 is 0 Å². The van der Waals surface area contributed by atoms with Gasteiger partial charge in [-0.1, -0.05) is 37.3 Å². The summed E-state index contributed by atoms with van der Waals surface area (Å²) in [6.07, 6.45) is 5.94. The molecule has 1 aliphatic heterocycles. The van der Waals surface area contributed by atoms with Crippen molar-refractivity contribution in [2.24, 2.45) is 0 Å². The lowest BCUT2D eigenvalue weighted by Gasteiger charge is -2.41. The highest BCUT2D eigenvalue weighted by Gasteiger charge is 2.33. The molecule has 4 rings (SSSR count). The number of benzene rings is 1. The van der Waals surface area contributed by atoms with E-state index in [0.29, 0.717) is 0 Å². The van der Waals surface area contributed by atoms with Crippen LogP contribution in [-0.2, 0) is 5.41 Å². The number of pyridine rings is 1. The molecule has 1 fully saturated rings. The zero-order valence-corrected chi connectivity index (χ0v) is 15.4. The second-order valence-corrected chi connectivity index (χ2v) is 7.38. The van der Waals surface area contributed by atoms with Crippen molar-refractivity contribution in [3.05, 3.63) is 72.2 Å². The number of hydrogen-bond acceptors (Lipinski definition) is 4. The minimum Gasteiger partial charge on any atom is -0.356 e. The molecular weight excluding hydrogens is 320 g/mol. The number of nitrogens with zero attached hydrogens (tertiary/aromatic N) is 4. The van der Waals surface area contributed by atoms with Gasteiger partial charge in [0.1, 0.15) is 5.82 Å². The SMILES string of the molecule is Cc1cc(N2CCCC(C)(c3ccccc3)C2)nc(-c2ccncc2)n1. The van der Waals surface area contributed by atoms with Gasteiger partial charge in [-0.15, -0.1) is 0 Å². The molecule has 1 aromatic carbocycles. The number of piperidine rings is 1. The largest absolute Gasteiger partial charge is 0.356 e. The summed E-state index contributed by atoms with van der Waals surface area (Å²) in [6.45, 7) is 6.42. The quantitative estimate of drug-likeness (QED) is 0.706. The van der Waals surface area contributed by atoms with Crippen molar-refractivity contribution in [3.8, 4) is 11.4 Å². The van der Waals surface area contributed by atoms with Crippen molar-refractivity contribution in [3.63, 3.8) is 0 Å². The van der Waals surface area contributed by atoms with Crippen molar-refractivity contribution in [2.75, 3.05) is 18.0 Å². The normalized spacial score (nSPS) is 20.2. The lowest BCUT2D eigenvalue weighted by atomic mass is 9.76. The van der Waals surface area contributed by atoms with Gasteiger partial charge in [0.2, 0.25) is 0 Å². The Kier molecular flexibility index (Phi) is 4.41. The standard InChI is InChI=1S/C22H24N4/c1-17-15-20(25-21(24-17)18-9-12-23-13-10-18)26-14-6-11-22(2,16-26)19-7-4-3-5-8-19/h3-5,7-10,12-13,15H,6,11,14,16H2,1-2H3. The van der Waals surface area contributed by atoms with E-state index in [1.807, 2.05) is 19.1 Å². The highest BCUT2D eigenvalue weighted by Crippen LogP contribution is 2.35. The summed E-state index contributed by atoms with van der Waals surface area (Å²) in [6, 6.07) is 16.9. The molecule has 0 amide bonds. The predicted molar refractivity (Wildman–Crippen MR) is 105 cm³/mol. The van der Waals surface area contributed by atoms with Gasteiger partial charge < -0.3 is 4.90 Å². The molecule has 1 atom stereocenters. The first-order chi connectivity index (χ1) is 12.6. The fraction of sp³-hybridized carbons (Fsp3) is 0.318. The third-order valence-corrected chi connectivity index (χ3v) is 5.27. The Morgan fingerprint density at radius 1 is 1.00 bits per heavy atom. The van der Waals surface area contributed by atoms with Crippen LogP contribution in [0.25, 0.3) is 11.4 Å². The van der Waals surface area contributed by atoms with E-state index < -0.39 is 0 Å². The van der Waals surface area contributed by atoms with E-state index in [1.165, 1.54) is 18.4 Å². The van der Waals surface area contributed by atoms with Gasteiger partial charge in [0.15, 0.2) is 5.82 Å². The molecule has 0 N–H and O–H groups in total. The molecular formula is C22H24N4. The maximum Gasteiger partial charge on any atom is 0.161 e. The van der Waals surface area contributed by atoms with Gasteiger partial charge in [-0.3, -0.25) is 4.98 Å². The van der Waals surface area contributed by atoms with Gasteiger partial charge in [0.05, 0.1) is 0 Å². The van der Waals surface area contributed by atoms with Crippen LogP contribution in [0, 0.1) is 6.92 Å². The maximum atomic E-state index is 4.87. The second kappa shape index (κ2) is 6.87. The van der Waals surface area contributed by atoms with E-state index in [4.69, 9.17) is 4.98 Å². The second-order valence-electron chi connectivity index (χ2n) is 7.38. The van der Waals surface area contributed by atoms with E-state index in [0.717, 1.165) is 36.0 Å². The molecule has 0 spiro atoms. The number of rotatable bonds is 3. The van der Waals surface area contributed by atoms with Gasteiger partial charge in [-0.25, -0.2) is 9.97 Å². The van der Waals surface area contributed by atoms with Gasteiger partial charge in [-0.2, -0.15) is 0 Å². The first kappa shape index (κ1) is 16.7. The Balaban J connectivity index is 1.66. The third kappa shape index (κ3) is 3.32. The summed E-state index contributed by atoms with van der Waals surface area (Å²) in [5, 5.41) is 0. The third-order valence-electron chi connectivity index (χ3n) is 5.27. The number of aryl methyl sites for hydroxylation is 1. The summed E-state index contributed by atoms with van der Waals surface area (Å²) < 4.78 is 0. The summed E-state index contributed by atoms with van der Waals surface area (Å²) >= 11 is 0. The smallest absolute Gasteiger partial charge is 0.161 e. The monoisotopic (exact) mass is 344 g/mol. The Labute approximate surface area is 155 Å². The fourth-order valence-corrected chi connectivity index (χ4v) is 3.86. The number of hydrogen-bond donors (Lipinski definition) is 0. The van der Waals surface area contributed by atoms with Crippen molar-refractivity contribution >= 4 is 5.82 Å². The lowest BCUT2D eigenvalue weighted by Crippen LogP contribution is -2.44. The van der Waals surface area contributed by atoms with Crippen LogP contribution in [0.2, 0.25) is 0 Å². The molecule has 0 saturated carbocycles. The van der Waals surface area contributed by atoms with Gasteiger partial charge >= 0.3 is 0 Å².